The number of nitrogens with zero attached hydrogens (tertiary/aromatic N) is 3. The van der Waals surface area contributed by atoms with Crippen molar-refractivity contribution in [2.75, 3.05) is 5.73 Å². The Morgan fingerprint density at radius 3 is 2.23 bits per heavy atom. The quantitative estimate of drug-likeness (QED) is 0.290. The van der Waals surface area contributed by atoms with Gasteiger partial charge < -0.3 is 15.3 Å². The lowest BCUT2D eigenvalue weighted by Gasteiger charge is -2.29. The molecule has 0 aliphatic carbocycles. The van der Waals surface area contributed by atoms with Gasteiger partial charge in [-0.1, -0.05) is 63.2 Å². The fraction of sp³-hybridized carbons (Fsp3) is 0.214. The van der Waals surface area contributed by atoms with Crippen molar-refractivity contribution in [3.63, 3.8) is 0 Å². The third-order valence-corrected chi connectivity index (χ3v) is 6.60. The van der Waals surface area contributed by atoms with Crippen molar-refractivity contribution in [1.82, 2.24) is 19.5 Å². The van der Waals surface area contributed by atoms with Gasteiger partial charge in [-0.2, -0.15) is 0 Å². The summed E-state index contributed by atoms with van der Waals surface area (Å²) in [7, 11) is 0. The van der Waals surface area contributed by atoms with Gasteiger partial charge in [0.25, 0.3) is 0 Å². The van der Waals surface area contributed by atoms with Crippen LogP contribution in [0.3, 0.4) is 0 Å². The molecule has 3 N–H and O–H groups in total. The number of H-pyrrole nitrogens is 1. The third kappa shape index (κ3) is 3.97. The molecule has 5 nitrogen and oxygen atoms in total. The van der Waals surface area contributed by atoms with Gasteiger partial charge in [0.2, 0.25) is 5.95 Å². The lowest BCUT2D eigenvalue weighted by molar-refractivity contribution is 0.270. The highest BCUT2D eigenvalue weighted by atomic mass is 19.1. The Labute approximate surface area is 202 Å². The van der Waals surface area contributed by atoms with E-state index in [1.165, 1.54) is 18.2 Å². The van der Waals surface area contributed by atoms with Crippen LogP contribution in [0.5, 0.6) is 0 Å². The molecule has 3 aromatic carbocycles. The molecule has 0 bridgehead atoms. The number of nitrogens with two attached hydrogens (primary N) is 1. The molecule has 0 aliphatic heterocycles. The van der Waals surface area contributed by atoms with Crippen LogP contribution in [-0.4, -0.2) is 19.5 Å². The Morgan fingerprint density at radius 1 is 0.886 bits per heavy atom. The molecule has 1 unspecified atom stereocenters. The van der Waals surface area contributed by atoms with Gasteiger partial charge in [0.1, 0.15) is 17.5 Å². The summed E-state index contributed by atoms with van der Waals surface area (Å²) in [5.74, 6) is -0.778. The standard InChI is InChI=1S/C28H27F2N5/c1-16(28(2,3)4)35-22-15-18(13-14-21(22)32-27(35)31)25-24(17-9-6-5-7-10-17)33-26(34-25)23-19(29)11-8-12-20(23)30/h5-16H,1-4H3,(H2,31,32)(H,33,34). The number of aromatic amines is 1. The van der Waals surface area contributed by atoms with Crippen molar-refractivity contribution in [3.8, 4) is 33.9 Å². The van der Waals surface area contributed by atoms with Gasteiger partial charge in [0, 0.05) is 17.2 Å². The van der Waals surface area contributed by atoms with Crippen molar-refractivity contribution < 1.29 is 8.78 Å². The molecule has 5 aromatic rings. The second-order valence-corrected chi connectivity index (χ2v) is 9.86. The molecular weight excluding hydrogens is 444 g/mol. The monoisotopic (exact) mass is 471 g/mol. The Kier molecular flexibility index (Phi) is 5.43. The fourth-order valence-electron chi connectivity index (χ4n) is 4.29. The van der Waals surface area contributed by atoms with E-state index in [1.54, 1.807) is 0 Å². The summed E-state index contributed by atoms with van der Waals surface area (Å²) in [6.45, 7) is 8.59. The maximum absolute atomic E-state index is 14.6. The first kappa shape index (κ1) is 22.8. The second kappa shape index (κ2) is 8.34. The first-order valence-electron chi connectivity index (χ1n) is 11.5. The summed E-state index contributed by atoms with van der Waals surface area (Å²) in [5.41, 5.74) is 10.6. The van der Waals surface area contributed by atoms with E-state index in [1.807, 2.05) is 53.1 Å². The Balaban J connectivity index is 1.75. The van der Waals surface area contributed by atoms with Gasteiger partial charge in [-0.15, -0.1) is 0 Å². The Bertz CT molecular complexity index is 1510. The first-order chi connectivity index (χ1) is 16.6. The number of hydrogen-bond donors (Lipinski definition) is 2. The smallest absolute Gasteiger partial charge is 0.201 e. The van der Waals surface area contributed by atoms with E-state index in [0.717, 1.165) is 22.2 Å². The minimum Gasteiger partial charge on any atom is -0.369 e. The zero-order valence-corrected chi connectivity index (χ0v) is 20.1. The number of benzene rings is 3. The fourth-order valence-corrected chi connectivity index (χ4v) is 4.29. The average molecular weight is 472 g/mol. The zero-order valence-electron chi connectivity index (χ0n) is 20.1. The molecule has 178 valence electrons. The van der Waals surface area contributed by atoms with Crippen LogP contribution >= 0.6 is 0 Å². The van der Waals surface area contributed by atoms with Gasteiger partial charge in [0.05, 0.1) is 28.0 Å². The topological polar surface area (TPSA) is 72.5 Å². The van der Waals surface area contributed by atoms with Gasteiger partial charge in [-0.25, -0.2) is 18.7 Å². The minimum atomic E-state index is -0.676. The number of nitrogens with one attached hydrogen (secondary N) is 1. The van der Waals surface area contributed by atoms with E-state index in [-0.39, 0.29) is 22.8 Å². The first-order valence-corrected chi connectivity index (χ1v) is 11.5. The molecular formula is C28H27F2N5. The molecule has 0 radical (unpaired) electrons. The molecule has 7 heteroatoms. The van der Waals surface area contributed by atoms with Gasteiger partial charge in [0.15, 0.2) is 0 Å². The van der Waals surface area contributed by atoms with Crippen LogP contribution in [0.1, 0.15) is 33.7 Å². The average Bonchev–Trinajstić information content (AvgIpc) is 3.38. The van der Waals surface area contributed by atoms with E-state index < -0.39 is 11.6 Å². The van der Waals surface area contributed by atoms with Crippen LogP contribution in [0, 0.1) is 17.0 Å². The third-order valence-electron chi connectivity index (χ3n) is 6.60. The highest BCUT2D eigenvalue weighted by Crippen LogP contribution is 2.38. The summed E-state index contributed by atoms with van der Waals surface area (Å²) >= 11 is 0. The van der Waals surface area contributed by atoms with Crippen molar-refractivity contribution in [3.05, 3.63) is 78.4 Å². The number of hydrogen-bond acceptors (Lipinski definition) is 3. The highest BCUT2D eigenvalue weighted by molar-refractivity contribution is 5.88. The lowest BCUT2D eigenvalue weighted by atomic mass is 9.87. The lowest BCUT2D eigenvalue weighted by Crippen LogP contribution is -2.22. The summed E-state index contributed by atoms with van der Waals surface area (Å²) < 4.78 is 31.3. The molecule has 0 amide bonds. The van der Waals surface area contributed by atoms with E-state index >= 15 is 0 Å². The normalized spacial score (nSPS) is 12.9. The number of fused-ring (bicyclic) bond motifs is 1. The highest BCUT2D eigenvalue weighted by Gasteiger charge is 2.26. The van der Waals surface area contributed by atoms with Crippen LogP contribution in [-0.2, 0) is 0 Å². The van der Waals surface area contributed by atoms with Gasteiger partial charge in [-0.3, -0.25) is 0 Å². The summed E-state index contributed by atoms with van der Waals surface area (Å²) in [6, 6.07) is 19.3. The maximum Gasteiger partial charge on any atom is 0.201 e. The molecule has 1 atom stereocenters. The van der Waals surface area contributed by atoms with Crippen molar-refractivity contribution in [1.29, 1.82) is 0 Å². The summed E-state index contributed by atoms with van der Waals surface area (Å²) in [6.07, 6.45) is 0. The zero-order chi connectivity index (χ0) is 24.9. The summed E-state index contributed by atoms with van der Waals surface area (Å²) in [4.78, 5) is 12.4. The molecule has 2 heterocycles. The molecule has 0 fully saturated rings. The molecule has 0 saturated heterocycles. The van der Waals surface area contributed by atoms with Gasteiger partial charge in [-0.05, 0) is 36.6 Å². The van der Waals surface area contributed by atoms with E-state index in [0.29, 0.717) is 17.3 Å². The maximum atomic E-state index is 14.6. The van der Waals surface area contributed by atoms with Crippen LogP contribution in [0.4, 0.5) is 14.7 Å². The Hall–Kier alpha value is -4.00. The second-order valence-electron chi connectivity index (χ2n) is 9.86. The van der Waals surface area contributed by atoms with Crippen LogP contribution in [0.2, 0.25) is 0 Å². The minimum absolute atomic E-state index is 0.0468. The van der Waals surface area contributed by atoms with Gasteiger partial charge >= 0.3 is 0 Å². The van der Waals surface area contributed by atoms with E-state index in [9.17, 15) is 8.78 Å². The van der Waals surface area contributed by atoms with Crippen LogP contribution < -0.4 is 5.73 Å². The molecule has 35 heavy (non-hydrogen) atoms. The predicted molar refractivity (Wildman–Crippen MR) is 137 cm³/mol. The number of nitrogen functional groups attached to an aromatic ring is 1. The van der Waals surface area contributed by atoms with Crippen molar-refractivity contribution in [2.24, 2.45) is 5.41 Å². The number of aromatic nitrogens is 4. The van der Waals surface area contributed by atoms with E-state index in [4.69, 9.17) is 5.73 Å². The predicted octanol–water partition coefficient (Wildman–Crippen LogP) is 7.23. The van der Waals surface area contributed by atoms with Crippen molar-refractivity contribution in [2.45, 2.75) is 33.7 Å². The SMILES string of the molecule is CC(n1c(N)nc2ccc(-c3nc(-c4c(F)cccc4F)[nH]c3-c3ccccc3)cc21)C(C)(C)C. The molecule has 0 spiro atoms. The largest absolute Gasteiger partial charge is 0.369 e. The van der Waals surface area contributed by atoms with Crippen LogP contribution in [0.25, 0.3) is 44.9 Å². The molecule has 0 aliphatic rings. The molecule has 0 saturated carbocycles. The number of rotatable bonds is 4. The Morgan fingerprint density at radius 2 is 1.57 bits per heavy atom. The number of halogens is 2. The molecule has 2 aromatic heterocycles. The summed E-state index contributed by atoms with van der Waals surface area (Å²) in [5, 5.41) is 0. The van der Waals surface area contributed by atoms with E-state index in [2.05, 4.69) is 42.6 Å². The van der Waals surface area contributed by atoms with Crippen LogP contribution in [0.15, 0.2) is 66.7 Å². The molecule has 5 rings (SSSR count). The number of anilines is 1. The number of imidazole rings is 2. The van der Waals surface area contributed by atoms with Crippen molar-refractivity contribution >= 4 is 17.0 Å².